The third kappa shape index (κ3) is 2.30. The molecule has 0 amide bonds. The maximum Gasteiger partial charge on any atom is 0.310 e. The summed E-state index contributed by atoms with van der Waals surface area (Å²) in [5.41, 5.74) is 5.61. The Morgan fingerprint density at radius 1 is 1.59 bits per heavy atom. The smallest absolute Gasteiger partial charge is 0.310 e. The molecule has 17 heavy (non-hydrogen) atoms. The molecule has 6 nitrogen and oxygen atoms in total. The fourth-order valence-electron chi connectivity index (χ4n) is 2.10. The first kappa shape index (κ1) is 11.6. The molecule has 0 spiro atoms. The first-order valence-corrected chi connectivity index (χ1v) is 5.53. The average Bonchev–Trinajstić information content (AvgIpc) is 2.70. The molecule has 1 saturated heterocycles. The summed E-state index contributed by atoms with van der Waals surface area (Å²) < 4.78 is 4.78. The molecule has 1 fully saturated rings. The Balaban J connectivity index is 2.13. The second kappa shape index (κ2) is 4.57. The van der Waals surface area contributed by atoms with Crippen LogP contribution >= 0.6 is 0 Å². The summed E-state index contributed by atoms with van der Waals surface area (Å²) in [6.07, 6.45) is 1.62. The van der Waals surface area contributed by atoms with E-state index in [0.29, 0.717) is 18.3 Å². The topological polar surface area (TPSA) is 81.3 Å². The van der Waals surface area contributed by atoms with Crippen LogP contribution in [0, 0.1) is 11.8 Å². The van der Waals surface area contributed by atoms with Crippen molar-refractivity contribution in [2.24, 2.45) is 11.8 Å². The van der Waals surface area contributed by atoms with E-state index in [1.807, 2.05) is 11.8 Å². The average molecular weight is 236 g/mol. The summed E-state index contributed by atoms with van der Waals surface area (Å²) in [6.45, 7) is 3.34. The normalized spacial score (nSPS) is 23.8. The highest BCUT2D eigenvalue weighted by atomic mass is 16.5. The van der Waals surface area contributed by atoms with Gasteiger partial charge in [-0.2, -0.15) is 4.98 Å². The van der Waals surface area contributed by atoms with Gasteiger partial charge in [-0.1, -0.05) is 6.92 Å². The monoisotopic (exact) mass is 236 g/mol. The molecule has 2 rings (SSSR count). The molecule has 6 heteroatoms. The lowest BCUT2D eigenvalue weighted by molar-refractivity contribution is -0.145. The Morgan fingerprint density at radius 3 is 3.00 bits per heavy atom. The van der Waals surface area contributed by atoms with E-state index in [4.69, 9.17) is 10.5 Å². The standard InChI is InChI=1S/C11H16N4O2/c1-7-5-15(6-8(7)10(16)17-2)11-13-4-3-9(12)14-11/h3-4,7-8H,5-6H2,1-2H3,(H2,12,13,14). The lowest BCUT2D eigenvalue weighted by Gasteiger charge is -2.15. The zero-order valence-corrected chi connectivity index (χ0v) is 9.96. The summed E-state index contributed by atoms with van der Waals surface area (Å²) >= 11 is 0. The van der Waals surface area contributed by atoms with Crippen molar-refractivity contribution in [1.29, 1.82) is 0 Å². The molecule has 0 saturated carbocycles. The molecule has 1 aromatic heterocycles. The SMILES string of the molecule is COC(=O)C1CN(c2nccc(N)n2)CC1C. The Labute approximate surface area is 99.8 Å². The van der Waals surface area contributed by atoms with Crippen molar-refractivity contribution in [1.82, 2.24) is 9.97 Å². The minimum Gasteiger partial charge on any atom is -0.469 e. The van der Waals surface area contributed by atoms with Gasteiger partial charge in [-0.15, -0.1) is 0 Å². The molecule has 0 aliphatic carbocycles. The van der Waals surface area contributed by atoms with E-state index in [2.05, 4.69) is 9.97 Å². The fraction of sp³-hybridized carbons (Fsp3) is 0.545. The lowest BCUT2D eigenvalue weighted by Crippen LogP contribution is -2.25. The van der Waals surface area contributed by atoms with Gasteiger partial charge in [-0.05, 0) is 12.0 Å². The number of esters is 1. The van der Waals surface area contributed by atoms with E-state index in [9.17, 15) is 4.79 Å². The van der Waals surface area contributed by atoms with Crippen LogP contribution < -0.4 is 10.6 Å². The Morgan fingerprint density at radius 2 is 2.35 bits per heavy atom. The predicted molar refractivity (Wildman–Crippen MR) is 63.3 cm³/mol. The van der Waals surface area contributed by atoms with Gasteiger partial charge < -0.3 is 15.4 Å². The third-order valence-corrected chi connectivity index (χ3v) is 3.06. The molecule has 0 aromatic carbocycles. The number of nitrogens with zero attached hydrogens (tertiary/aromatic N) is 3. The first-order valence-electron chi connectivity index (χ1n) is 5.53. The molecule has 0 radical (unpaired) electrons. The first-order chi connectivity index (χ1) is 8.11. The van der Waals surface area contributed by atoms with Gasteiger partial charge in [-0.25, -0.2) is 4.98 Å². The number of nitrogen functional groups attached to an aromatic ring is 1. The molecule has 2 heterocycles. The maximum absolute atomic E-state index is 11.6. The highest BCUT2D eigenvalue weighted by molar-refractivity contribution is 5.74. The number of methoxy groups -OCH3 is 1. The van der Waals surface area contributed by atoms with Crippen molar-refractivity contribution < 1.29 is 9.53 Å². The van der Waals surface area contributed by atoms with E-state index in [1.54, 1.807) is 12.3 Å². The molecular formula is C11H16N4O2. The number of hydrogen-bond donors (Lipinski definition) is 1. The van der Waals surface area contributed by atoms with Crippen molar-refractivity contribution in [3.05, 3.63) is 12.3 Å². The Kier molecular flexibility index (Phi) is 3.12. The van der Waals surface area contributed by atoms with Gasteiger partial charge in [0.15, 0.2) is 0 Å². The second-order valence-electron chi connectivity index (χ2n) is 4.29. The zero-order valence-electron chi connectivity index (χ0n) is 9.96. The fourth-order valence-corrected chi connectivity index (χ4v) is 2.10. The Hall–Kier alpha value is -1.85. The molecular weight excluding hydrogens is 220 g/mol. The van der Waals surface area contributed by atoms with Gasteiger partial charge in [0, 0.05) is 19.3 Å². The van der Waals surface area contributed by atoms with Gasteiger partial charge in [0.1, 0.15) is 5.82 Å². The number of aromatic nitrogens is 2. The molecule has 0 bridgehead atoms. The summed E-state index contributed by atoms with van der Waals surface area (Å²) in [4.78, 5) is 21.8. The van der Waals surface area contributed by atoms with Crippen LogP contribution in [0.5, 0.6) is 0 Å². The van der Waals surface area contributed by atoms with Crippen LogP contribution in [0.4, 0.5) is 11.8 Å². The number of anilines is 2. The number of ether oxygens (including phenoxy) is 1. The van der Waals surface area contributed by atoms with Crippen LogP contribution in [0.25, 0.3) is 0 Å². The number of nitrogens with two attached hydrogens (primary N) is 1. The quantitative estimate of drug-likeness (QED) is 0.744. The van der Waals surface area contributed by atoms with E-state index in [-0.39, 0.29) is 17.8 Å². The van der Waals surface area contributed by atoms with E-state index in [0.717, 1.165) is 6.54 Å². The van der Waals surface area contributed by atoms with Crippen LogP contribution in [0.15, 0.2) is 12.3 Å². The number of rotatable bonds is 2. The molecule has 2 N–H and O–H groups in total. The van der Waals surface area contributed by atoms with Crippen LogP contribution in [-0.4, -0.2) is 36.1 Å². The maximum atomic E-state index is 11.6. The summed E-state index contributed by atoms with van der Waals surface area (Å²) in [5.74, 6) is 0.939. The Bertz CT molecular complexity index is 424. The summed E-state index contributed by atoms with van der Waals surface area (Å²) in [7, 11) is 1.41. The van der Waals surface area contributed by atoms with Gasteiger partial charge in [0.25, 0.3) is 0 Å². The predicted octanol–water partition coefficient (Wildman–Crippen LogP) is 0.304. The molecule has 92 valence electrons. The van der Waals surface area contributed by atoms with Crippen molar-refractivity contribution in [3.8, 4) is 0 Å². The largest absolute Gasteiger partial charge is 0.469 e. The minimum absolute atomic E-state index is 0.120. The van der Waals surface area contributed by atoms with Gasteiger partial charge in [-0.3, -0.25) is 4.79 Å². The zero-order chi connectivity index (χ0) is 12.4. The summed E-state index contributed by atoms with van der Waals surface area (Å²) in [5, 5.41) is 0. The highest BCUT2D eigenvalue weighted by Crippen LogP contribution is 2.26. The van der Waals surface area contributed by atoms with Gasteiger partial charge in [0.05, 0.1) is 13.0 Å². The summed E-state index contributed by atoms with van der Waals surface area (Å²) in [6, 6.07) is 1.64. The van der Waals surface area contributed by atoms with Crippen LogP contribution in [0.1, 0.15) is 6.92 Å². The minimum atomic E-state index is -0.177. The van der Waals surface area contributed by atoms with Crippen molar-refractivity contribution in [2.45, 2.75) is 6.92 Å². The molecule has 1 aromatic rings. The third-order valence-electron chi connectivity index (χ3n) is 3.06. The highest BCUT2D eigenvalue weighted by Gasteiger charge is 2.36. The van der Waals surface area contributed by atoms with Crippen LogP contribution in [0.3, 0.4) is 0 Å². The van der Waals surface area contributed by atoms with Gasteiger partial charge >= 0.3 is 5.97 Å². The molecule has 2 atom stereocenters. The molecule has 1 aliphatic rings. The van der Waals surface area contributed by atoms with E-state index in [1.165, 1.54) is 7.11 Å². The van der Waals surface area contributed by atoms with Gasteiger partial charge in [0.2, 0.25) is 5.95 Å². The molecule has 2 unspecified atom stereocenters. The van der Waals surface area contributed by atoms with Crippen LogP contribution in [0.2, 0.25) is 0 Å². The van der Waals surface area contributed by atoms with Crippen molar-refractivity contribution in [3.63, 3.8) is 0 Å². The number of hydrogen-bond acceptors (Lipinski definition) is 6. The molecule has 1 aliphatic heterocycles. The second-order valence-corrected chi connectivity index (χ2v) is 4.29. The van der Waals surface area contributed by atoms with Crippen molar-refractivity contribution >= 4 is 17.7 Å². The number of carbonyl (C=O) groups excluding carboxylic acids is 1. The lowest BCUT2D eigenvalue weighted by atomic mass is 9.99. The van der Waals surface area contributed by atoms with Crippen LogP contribution in [-0.2, 0) is 9.53 Å². The van der Waals surface area contributed by atoms with E-state index < -0.39 is 0 Å². The number of carbonyl (C=O) groups is 1. The van der Waals surface area contributed by atoms with E-state index >= 15 is 0 Å². The van der Waals surface area contributed by atoms with Crippen molar-refractivity contribution in [2.75, 3.05) is 30.8 Å².